The van der Waals surface area contributed by atoms with Crippen molar-refractivity contribution in [2.75, 3.05) is 0 Å². The van der Waals surface area contributed by atoms with E-state index in [4.69, 9.17) is 56.1 Å². The molecule has 0 aliphatic carbocycles. The zero-order valence-electron chi connectivity index (χ0n) is 19.9. The van der Waals surface area contributed by atoms with Crippen molar-refractivity contribution >= 4 is 52.3 Å². The molecule has 1 amide bonds. The number of rotatable bonds is 4. The number of hydrogen-bond donors (Lipinski definition) is 1. The molecule has 0 unspecified atom stereocenters. The number of nitrogens with zero attached hydrogens (tertiary/aromatic N) is 2. The first-order valence-electron chi connectivity index (χ1n) is 11.5. The number of hydrogen-bond acceptors (Lipinski definition) is 4. The molecule has 188 valence electrons. The number of carbonyl (C=O) groups is 1. The van der Waals surface area contributed by atoms with E-state index in [0.717, 1.165) is 16.7 Å². The number of nitrogens with one attached hydrogen (secondary N) is 1. The smallest absolute Gasteiger partial charge is 0.270 e. The van der Waals surface area contributed by atoms with Gasteiger partial charge in [-0.3, -0.25) is 4.79 Å². The minimum absolute atomic E-state index is 0.230. The second-order valence-electron chi connectivity index (χ2n) is 9.35. The number of amides is 1. The summed E-state index contributed by atoms with van der Waals surface area (Å²) in [4.78, 5) is 22.2. The van der Waals surface area contributed by atoms with E-state index in [1.807, 2.05) is 50.2 Å². The lowest BCUT2D eigenvalue weighted by atomic mass is 9.88. The van der Waals surface area contributed by atoms with E-state index in [2.05, 4.69) is 10.3 Å². The second kappa shape index (κ2) is 10.1. The first kappa shape index (κ1) is 25.8. The first-order chi connectivity index (χ1) is 17.6. The summed E-state index contributed by atoms with van der Waals surface area (Å²) < 4.78 is 6.30. The van der Waals surface area contributed by atoms with Crippen molar-refractivity contribution < 1.29 is 9.53 Å². The van der Waals surface area contributed by atoms with Crippen molar-refractivity contribution in [3.63, 3.8) is 0 Å². The van der Waals surface area contributed by atoms with E-state index in [0.29, 0.717) is 38.6 Å². The Hall–Kier alpha value is -2.83. The molecule has 0 radical (unpaired) electrons. The van der Waals surface area contributed by atoms with Crippen molar-refractivity contribution in [3.8, 4) is 28.3 Å². The Morgan fingerprint density at radius 3 is 2.35 bits per heavy atom. The maximum Gasteiger partial charge on any atom is 0.270 e. The molecule has 9 heteroatoms. The Morgan fingerprint density at radius 1 is 0.919 bits per heavy atom. The third-order valence-corrected chi connectivity index (χ3v) is 7.06. The minimum atomic E-state index is -0.595. The summed E-state index contributed by atoms with van der Waals surface area (Å²) >= 11 is 24.9. The van der Waals surface area contributed by atoms with E-state index in [1.165, 1.54) is 0 Å². The minimum Gasteiger partial charge on any atom is -0.471 e. The molecule has 4 aromatic rings. The summed E-state index contributed by atoms with van der Waals surface area (Å²) in [5, 5.41) is 4.94. The topological polar surface area (TPSA) is 64.1 Å². The largest absolute Gasteiger partial charge is 0.471 e. The molecule has 5 nitrogen and oxygen atoms in total. The van der Waals surface area contributed by atoms with Crippen molar-refractivity contribution in [2.24, 2.45) is 0 Å². The summed E-state index contributed by atoms with van der Waals surface area (Å²) in [6, 6.07) is 19.3. The standard InChI is InChI=1S/C28H21Cl4N3O2/c1-28(2)14-23(34-26(36)22-4-3-5-24(32)33-22)20-13-19(15-6-8-16(29)9-7-15)25(35-27(20)37-28)18-11-10-17(30)12-21(18)31/h3-13,23H,14H2,1-2H3,(H,34,36)/t23-/m1/s1. The maximum atomic E-state index is 13.1. The summed E-state index contributed by atoms with van der Waals surface area (Å²) in [6.07, 6.45) is 0.523. The highest BCUT2D eigenvalue weighted by molar-refractivity contribution is 6.36. The molecule has 0 saturated heterocycles. The molecule has 0 spiro atoms. The molecule has 1 atom stereocenters. The Bertz CT molecular complexity index is 1510. The number of fused-ring (bicyclic) bond motifs is 1. The Balaban J connectivity index is 1.66. The first-order valence-corrected chi connectivity index (χ1v) is 13.0. The molecule has 0 fully saturated rings. The van der Waals surface area contributed by atoms with Crippen molar-refractivity contribution in [2.45, 2.75) is 31.9 Å². The number of aromatic nitrogens is 2. The molecule has 1 aliphatic rings. The average Bonchev–Trinajstić information content (AvgIpc) is 2.83. The van der Waals surface area contributed by atoms with Gasteiger partial charge in [0.15, 0.2) is 0 Å². The van der Waals surface area contributed by atoms with Gasteiger partial charge >= 0.3 is 0 Å². The lowest BCUT2D eigenvalue weighted by molar-refractivity contribution is 0.0571. The predicted molar refractivity (Wildman–Crippen MR) is 149 cm³/mol. The molecule has 3 heterocycles. The molecule has 0 bridgehead atoms. The normalized spacial score (nSPS) is 16.0. The zero-order chi connectivity index (χ0) is 26.3. The lowest BCUT2D eigenvalue weighted by Crippen LogP contribution is -2.42. The highest BCUT2D eigenvalue weighted by Crippen LogP contribution is 2.45. The molecule has 1 aliphatic heterocycles. The van der Waals surface area contributed by atoms with E-state index in [-0.39, 0.29) is 22.8 Å². The van der Waals surface area contributed by atoms with Gasteiger partial charge in [0.1, 0.15) is 16.4 Å². The van der Waals surface area contributed by atoms with E-state index >= 15 is 0 Å². The quantitative estimate of drug-likeness (QED) is 0.249. The van der Waals surface area contributed by atoms with Gasteiger partial charge in [-0.25, -0.2) is 9.97 Å². The van der Waals surface area contributed by atoms with Gasteiger partial charge < -0.3 is 10.1 Å². The average molecular weight is 573 g/mol. The number of benzene rings is 2. The van der Waals surface area contributed by atoms with Gasteiger partial charge in [0.05, 0.1) is 16.8 Å². The van der Waals surface area contributed by atoms with Crippen LogP contribution in [0, 0.1) is 0 Å². The summed E-state index contributed by atoms with van der Waals surface area (Å²) in [5.74, 6) is 0.0772. The number of ether oxygens (including phenoxy) is 1. The van der Waals surface area contributed by atoms with Gasteiger partial charge in [0.25, 0.3) is 5.91 Å². The van der Waals surface area contributed by atoms with Crippen LogP contribution in [0.4, 0.5) is 0 Å². The highest BCUT2D eigenvalue weighted by Gasteiger charge is 2.37. The monoisotopic (exact) mass is 571 g/mol. The molecule has 2 aromatic carbocycles. The highest BCUT2D eigenvalue weighted by atomic mass is 35.5. The number of carbonyl (C=O) groups excluding carboxylic acids is 1. The fourth-order valence-electron chi connectivity index (χ4n) is 4.38. The molecule has 37 heavy (non-hydrogen) atoms. The van der Waals surface area contributed by atoms with Crippen molar-refractivity contribution in [1.82, 2.24) is 15.3 Å². The molecular weight excluding hydrogens is 552 g/mol. The Labute approximate surface area is 234 Å². The van der Waals surface area contributed by atoms with Crippen LogP contribution in [0.1, 0.15) is 42.4 Å². The van der Waals surface area contributed by atoms with Crippen molar-refractivity contribution in [3.05, 3.63) is 98.2 Å². The molecule has 1 N–H and O–H groups in total. The van der Waals surface area contributed by atoms with E-state index in [9.17, 15) is 4.79 Å². The van der Waals surface area contributed by atoms with Crippen LogP contribution in [-0.2, 0) is 0 Å². The molecular formula is C28H21Cl4N3O2. The Kier molecular flexibility index (Phi) is 7.08. The SMILES string of the molecule is CC1(C)C[C@@H](NC(=O)c2cccc(Cl)n2)c2cc(-c3ccc(Cl)cc3)c(-c3ccc(Cl)cc3Cl)nc2O1. The van der Waals surface area contributed by atoms with Crippen LogP contribution < -0.4 is 10.1 Å². The van der Waals surface area contributed by atoms with E-state index in [1.54, 1.807) is 30.3 Å². The number of halogens is 4. The van der Waals surface area contributed by atoms with Crippen LogP contribution in [0.3, 0.4) is 0 Å². The van der Waals surface area contributed by atoms with Crippen LogP contribution in [-0.4, -0.2) is 21.5 Å². The lowest BCUT2D eigenvalue weighted by Gasteiger charge is -2.37. The second-order valence-corrected chi connectivity index (χ2v) is 11.0. The molecule has 2 aromatic heterocycles. The van der Waals surface area contributed by atoms with Gasteiger partial charge in [0, 0.05) is 33.2 Å². The van der Waals surface area contributed by atoms with Crippen LogP contribution >= 0.6 is 46.4 Å². The third kappa shape index (κ3) is 5.55. The number of pyridine rings is 2. The predicted octanol–water partition coefficient (Wildman–Crippen LogP) is 8.46. The van der Waals surface area contributed by atoms with Gasteiger partial charge in [0.2, 0.25) is 5.88 Å². The maximum absolute atomic E-state index is 13.1. The van der Waals surface area contributed by atoms with Crippen LogP contribution in [0.5, 0.6) is 5.88 Å². The van der Waals surface area contributed by atoms with Gasteiger partial charge in [-0.1, -0.05) is 64.6 Å². The fourth-order valence-corrected chi connectivity index (χ4v) is 5.17. The zero-order valence-corrected chi connectivity index (χ0v) is 22.9. The van der Waals surface area contributed by atoms with Gasteiger partial charge in [-0.05, 0) is 67.9 Å². The fraction of sp³-hybridized carbons (Fsp3) is 0.179. The summed E-state index contributed by atoms with van der Waals surface area (Å²) in [5.41, 5.74) is 3.40. The summed E-state index contributed by atoms with van der Waals surface area (Å²) in [7, 11) is 0. The van der Waals surface area contributed by atoms with E-state index < -0.39 is 5.60 Å². The van der Waals surface area contributed by atoms with Gasteiger partial charge in [-0.15, -0.1) is 0 Å². The summed E-state index contributed by atoms with van der Waals surface area (Å²) in [6.45, 7) is 3.91. The Morgan fingerprint density at radius 2 is 1.65 bits per heavy atom. The third-order valence-electron chi connectivity index (χ3n) is 6.05. The van der Waals surface area contributed by atoms with Crippen molar-refractivity contribution in [1.29, 1.82) is 0 Å². The van der Waals surface area contributed by atoms with Gasteiger partial charge in [-0.2, -0.15) is 0 Å². The molecule has 5 rings (SSSR count). The van der Waals surface area contributed by atoms with Crippen LogP contribution in [0.15, 0.2) is 66.7 Å². The van der Waals surface area contributed by atoms with Crippen LogP contribution in [0.25, 0.3) is 22.4 Å². The van der Waals surface area contributed by atoms with Crippen LogP contribution in [0.2, 0.25) is 20.2 Å². The molecule has 0 saturated carbocycles.